The molecule has 0 aliphatic rings. The van der Waals surface area contributed by atoms with E-state index in [1.54, 1.807) is 18.2 Å². The first-order valence-electron chi connectivity index (χ1n) is 6.22. The van der Waals surface area contributed by atoms with E-state index in [2.05, 4.69) is 21.2 Å². The van der Waals surface area contributed by atoms with Crippen LogP contribution in [0.25, 0.3) is 0 Å². The van der Waals surface area contributed by atoms with Gasteiger partial charge in [-0.05, 0) is 52.3 Å². The molecule has 0 aliphatic heterocycles. The SMILES string of the molecule is CCNCc1ccc(Oc2ccc(Br)c(F)c2)c(F)c1. The lowest BCUT2D eigenvalue weighted by atomic mass is 10.2. The molecule has 0 aliphatic carbocycles. The van der Waals surface area contributed by atoms with E-state index in [-0.39, 0.29) is 11.5 Å². The van der Waals surface area contributed by atoms with Crippen molar-refractivity contribution in [2.24, 2.45) is 0 Å². The summed E-state index contributed by atoms with van der Waals surface area (Å²) in [5.41, 5.74) is 0.832. The Morgan fingerprint density at radius 2 is 1.90 bits per heavy atom. The van der Waals surface area contributed by atoms with Crippen molar-refractivity contribution >= 4 is 15.9 Å². The first-order valence-corrected chi connectivity index (χ1v) is 7.01. The lowest BCUT2D eigenvalue weighted by Gasteiger charge is -2.09. The van der Waals surface area contributed by atoms with Crippen molar-refractivity contribution in [3.8, 4) is 11.5 Å². The number of nitrogens with one attached hydrogen (secondary N) is 1. The van der Waals surface area contributed by atoms with Crippen LogP contribution in [0.3, 0.4) is 0 Å². The molecule has 0 aromatic heterocycles. The third kappa shape index (κ3) is 3.77. The number of benzene rings is 2. The molecule has 2 nitrogen and oxygen atoms in total. The third-order valence-electron chi connectivity index (χ3n) is 2.69. The van der Waals surface area contributed by atoms with E-state index in [0.29, 0.717) is 11.0 Å². The van der Waals surface area contributed by atoms with Crippen LogP contribution in [0, 0.1) is 11.6 Å². The molecular weight excluding hydrogens is 328 g/mol. The van der Waals surface area contributed by atoms with Crippen LogP contribution in [-0.2, 0) is 6.54 Å². The van der Waals surface area contributed by atoms with Crippen molar-refractivity contribution in [3.63, 3.8) is 0 Å². The van der Waals surface area contributed by atoms with Gasteiger partial charge in [-0.15, -0.1) is 0 Å². The van der Waals surface area contributed by atoms with Crippen molar-refractivity contribution < 1.29 is 13.5 Å². The van der Waals surface area contributed by atoms with E-state index >= 15 is 0 Å². The number of rotatable bonds is 5. The predicted molar refractivity (Wildman–Crippen MR) is 78.0 cm³/mol. The van der Waals surface area contributed by atoms with Gasteiger partial charge in [0, 0.05) is 12.6 Å². The molecule has 0 atom stereocenters. The molecule has 20 heavy (non-hydrogen) atoms. The van der Waals surface area contributed by atoms with Gasteiger partial charge in [-0.25, -0.2) is 8.78 Å². The first-order chi connectivity index (χ1) is 9.60. The molecule has 0 bridgehead atoms. The minimum absolute atomic E-state index is 0.0759. The maximum absolute atomic E-state index is 13.9. The second-order valence-electron chi connectivity index (χ2n) is 4.22. The van der Waals surface area contributed by atoms with Crippen LogP contribution in [0.15, 0.2) is 40.9 Å². The normalized spacial score (nSPS) is 10.6. The predicted octanol–water partition coefficient (Wildman–Crippen LogP) is 4.63. The summed E-state index contributed by atoms with van der Waals surface area (Å²) in [6, 6.07) is 9.02. The molecule has 0 unspecified atom stereocenters. The molecular formula is C15H14BrF2NO. The lowest BCUT2D eigenvalue weighted by molar-refractivity contribution is 0.437. The molecule has 0 saturated heterocycles. The fraction of sp³-hybridized carbons (Fsp3) is 0.200. The van der Waals surface area contributed by atoms with Crippen LogP contribution < -0.4 is 10.1 Å². The molecule has 0 amide bonds. The fourth-order valence-corrected chi connectivity index (χ4v) is 1.92. The zero-order valence-electron chi connectivity index (χ0n) is 10.9. The average Bonchev–Trinajstić information content (AvgIpc) is 2.43. The second kappa shape index (κ2) is 6.81. The van der Waals surface area contributed by atoms with E-state index in [1.807, 2.05) is 6.92 Å². The van der Waals surface area contributed by atoms with E-state index in [0.717, 1.165) is 12.1 Å². The van der Waals surface area contributed by atoms with Crippen molar-refractivity contribution in [3.05, 3.63) is 58.1 Å². The van der Waals surface area contributed by atoms with Gasteiger partial charge in [0.1, 0.15) is 11.6 Å². The van der Waals surface area contributed by atoms with Gasteiger partial charge in [0.2, 0.25) is 0 Å². The van der Waals surface area contributed by atoms with Gasteiger partial charge >= 0.3 is 0 Å². The molecule has 0 saturated carbocycles. The number of ether oxygens (including phenoxy) is 1. The van der Waals surface area contributed by atoms with Crippen molar-refractivity contribution in [2.45, 2.75) is 13.5 Å². The van der Waals surface area contributed by atoms with E-state index in [9.17, 15) is 8.78 Å². The third-order valence-corrected chi connectivity index (χ3v) is 3.34. The minimum atomic E-state index is -0.469. The van der Waals surface area contributed by atoms with E-state index in [1.165, 1.54) is 18.2 Å². The molecule has 0 spiro atoms. The van der Waals surface area contributed by atoms with Crippen LogP contribution in [0.2, 0.25) is 0 Å². The van der Waals surface area contributed by atoms with Gasteiger partial charge in [0.15, 0.2) is 11.6 Å². The summed E-state index contributed by atoms with van der Waals surface area (Å²) >= 11 is 3.05. The van der Waals surface area contributed by atoms with E-state index in [4.69, 9.17) is 4.74 Å². The van der Waals surface area contributed by atoms with Crippen molar-refractivity contribution in [2.75, 3.05) is 6.54 Å². The van der Waals surface area contributed by atoms with Crippen LogP contribution >= 0.6 is 15.9 Å². The molecule has 2 aromatic carbocycles. The fourth-order valence-electron chi connectivity index (χ4n) is 1.67. The Kier molecular flexibility index (Phi) is 5.09. The van der Waals surface area contributed by atoms with Gasteiger partial charge in [-0.1, -0.05) is 13.0 Å². The van der Waals surface area contributed by atoms with Gasteiger partial charge in [-0.2, -0.15) is 0 Å². The second-order valence-corrected chi connectivity index (χ2v) is 5.08. The molecule has 0 radical (unpaired) electrons. The Hall–Kier alpha value is -1.46. The van der Waals surface area contributed by atoms with Crippen LogP contribution in [0.5, 0.6) is 11.5 Å². The summed E-state index contributed by atoms with van der Waals surface area (Å²) in [6.45, 7) is 3.40. The standard InChI is InChI=1S/C15H14BrF2NO/c1-2-19-9-10-3-6-15(14(18)7-10)20-11-4-5-12(16)13(17)8-11/h3-8,19H,2,9H2,1H3. The van der Waals surface area contributed by atoms with E-state index < -0.39 is 11.6 Å². The van der Waals surface area contributed by atoms with Crippen LogP contribution in [0.4, 0.5) is 8.78 Å². The Morgan fingerprint density at radius 1 is 1.10 bits per heavy atom. The van der Waals surface area contributed by atoms with Gasteiger partial charge in [0.25, 0.3) is 0 Å². The molecule has 2 aromatic rings. The Morgan fingerprint density at radius 3 is 2.55 bits per heavy atom. The molecule has 2 rings (SSSR count). The van der Waals surface area contributed by atoms with Crippen molar-refractivity contribution in [1.82, 2.24) is 5.32 Å². The molecule has 106 valence electrons. The quantitative estimate of drug-likeness (QED) is 0.856. The summed E-state index contributed by atoms with van der Waals surface area (Å²) < 4.78 is 32.9. The molecule has 5 heteroatoms. The summed E-state index contributed by atoms with van der Waals surface area (Å²) in [5, 5.41) is 3.11. The molecule has 0 fully saturated rings. The highest BCUT2D eigenvalue weighted by Crippen LogP contribution is 2.28. The largest absolute Gasteiger partial charge is 0.454 e. The summed E-state index contributed by atoms with van der Waals surface area (Å²) in [6.07, 6.45) is 0. The minimum Gasteiger partial charge on any atom is -0.454 e. The first kappa shape index (κ1) is 14.9. The number of halogens is 3. The van der Waals surface area contributed by atoms with Crippen LogP contribution in [-0.4, -0.2) is 6.54 Å². The summed E-state index contributed by atoms with van der Waals surface area (Å²) in [4.78, 5) is 0. The maximum atomic E-state index is 13.9. The highest BCUT2D eigenvalue weighted by molar-refractivity contribution is 9.10. The summed E-state index contributed by atoms with van der Waals surface area (Å²) in [5.74, 6) is -0.591. The Labute approximate surface area is 124 Å². The Balaban J connectivity index is 2.14. The maximum Gasteiger partial charge on any atom is 0.166 e. The van der Waals surface area contributed by atoms with Gasteiger partial charge < -0.3 is 10.1 Å². The topological polar surface area (TPSA) is 21.3 Å². The van der Waals surface area contributed by atoms with Gasteiger partial charge in [0.05, 0.1) is 4.47 Å². The zero-order chi connectivity index (χ0) is 14.5. The number of hydrogen-bond acceptors (Lipinski definition) is 2. The summed E-state index contributed by atoms with van der Waals surface area (Å²) in [7, 11) is 0. The highest BCUT2D eigenvalue weighted by atomic mass is 79.9. The molecule has 0 heterocycles. The van der Waals surface area contributed by atoms with Crippen LogP contribution in [0.1, 0.15) is 12.5 Å². The monoisotopic (exact) mass is 341 g/mol. The lowest BCUT2D eigenvalue weighted by Crippen LogP contribution is -2.11. The average molecular weight is 342 g/mol. The number of hydrogen-bond donors (Lipinski definition) is 1. The smallest absolute Gasteiger partial charge is 0.166 e. The molecule has 1 N–H and O–H groups in total. The van der Waals surface area contributed by atoms with Gasteiger partial charge in [-0.3, -0.25) is 0 Å². The Bertz CT molecular complexity index is 604. The zero-order valence-corrected chi connectivity index (χ0v) is 12.5. The van der Waals surface area contributed by atoms with Crippen molar-refractivity contribution in [1.29, 1.82) is 0 Å². The highest BCUT2D eigenvalue weighted by Gasteiger charge is 2.08.